The largest absolute Gasteiger partial charge is 0.368 e. The van der Waals surface area contributed by atoms with Gasteiger partial charge in [0.05, 0.1) is 0 Å². The van der Waals surface area contributed by atoms with Crippen LogP contribution in [0.25, 0.3) is 5.65 Å². The Labute approximate surface area is 104 Å². The lowest BCUT2D eigenvalue weighted by Gasteiger charge is -2.14. The van der Waals surface area contributed by atoms with Gasteiger partial charge in [0.1, 0.15) is 5.82 Å². The topological polar surface area (TPSA) is 80.0 Å². The Kier molecular flexibility index (Phi) is 3.14. The number of nitrogens with zero attached hydrogens (tertiary/aromatic N) is 5. The van der Waals surface area contributed by atoms with Crippen LogP contribution in [0.4, 0.5) is 5.82 Å². The van der Waals surface area contributed by atoms with Crippen LogP contribution in [0.15, 0.2) is 23.8 Å². The van der Waals surface area contributed by atoms with Crippen molar-refractivity contribution in [3.05, 3.63) is 23.8 Å². The van der Waals surface area contributed by atoms with Crippen LogP contribution in [-0.2, 0) is 0 Å². The van der Waals surface area contributed by atoms with Gasteiger partial charge in [-0.05, 0) is 41.9 Å². The molecule has 0 unspecified atom stereocenters. The predicted molar refractivity (Wildman–Crippen MR) is 67.3 cm³/mol. The van der Waals surface area contributed by atoms with E-state index in [2.05, 4.69) is 37.3 Å². The Hall–Kier alpha value is -2.02. The third kappa shape index (κ3) is 2.45. The van der Waals surface area contributed by atoms with Crippen LogP contribution >= 0.6 is 0 Å². The summed E-state index contributed by atoms with van der Waals surface area (Å²) in [7, 11) is 0. The molecule has 0 saturated carbocycles. The van der Waals surface area contributed by atoms with Crippen molar-refractivity contribution in [1.82, 2.24) is 30.6 Å². The van der Waals surface area contributed by atoms with Crippen LogP contribution in [0.3, 0.4) is 0 Å². The van der Waals surface area contributed by atoms with E-state index in [-0.39, 0.29) is 0 Å². The van der Waals surface area contributed by atoms with Crippen LogP contribution in [0.5, 0.6) is 0 Å². The van der Waals surface area contributed by atoms with E-state index in [0.29, 0.717) is 5.65 Å². The summed E-state index contributed by atoms with van der Waals surface area (Å²) in [5.74, 6) is 0.796. The van der Waals surface area contributed by atoms with Gasteiger partial charge in [-0.2, -0.15) is 0 Å². The third-order valence-corrected chi connectivity index (χ3v) is 2.98. The summed E-state index contributed by atoms with van der Waals surface area (Å²) in [4.78, 5) is 0. The fourth-order valence-electron chi connectivity index (χ4n) is 1.99. The van der Waals surface area contributed by atoms with E-state index in [1.54, 1.807) is 0 Å². The fraction of sp³-hybridized carbons (Fsp3) is 0.455. The van der Waals surface area contributed by atoms with E-state index >= 15 is 0 Å². The number of tetrazole rings is 1. The minimum atomic E-state index is 0.654. The SMILES string of the molecule is C1=C(CCNc2ccc3nnnn3n2)CCNC1. The van der Waals surface area contributed by atoms with Gasteiger partial charge in [0.25, 0.3) is 0 Å². The Morgan fingerprint density at radius 3 is 3.28 bits per heavy atom. The predicted octanol–water partition coefficient (Wildman–Crippen LogP) is 0.241. The zero-order chi connectivity index (χ0) is 12.2. The molecule has 7 nitrogen and oxygen atoms in total. The molecule has 0 aliphatic carbocycles. The second-order valence-corrected chi connectivity index (χ2v) is 4.24. The van der Waals surface area contributed by atoms with Crippen molar-refractivity contribution in [2.24, 2.45) is 0 Å². The lowest BCUT2D eigenvalue weighted by Crippen LogP contribution is -2.21. The highest BCUT2D eigenvalue weighted by atomic mass is 15.6. The molecule has 1 aliphatic heterocycles. The molecule has 2 N–H and O–H groups in total. The highest BCUT2D eigenvalue weighted by Gasteiger charge is 2.03. The summed E-state index contributed by atoms with van der Waals surface area (Å²) in [5, 5.41) is 22.0. The zero-order valence-electron chi connectivity index (χ0n) is 10.0. The molecule has 2 aromatic heterocycles. The number of hydrogen-bond donors (Lipinski definition) is 2. The quantitative estimate of drug-likeness (QED) is 0.751. The van der Waals surface area contributed by atoms with Crippen LogP contribution < -0.4 is 10.6 Å². The summed E-state index contributed by atoms with van der Waals surface area (Å²) in [5.41, 5.74) is 2.16. The monoisotopic (exact) mass is 245 g/mol. The Morgan fingerprint density at radius 2 is 2.39 bits per heavy atom. The summed E-state index contributed by atoms with van der Waals surface area (Å²) in [6.45, 7) is 2.96. The van der Waals surface area contributed by atoms with Crippen LogP contribution in [0.1, 0.15) is 12.8 Å². The first-order valence-corrected chi connectivity index (χ1v) is 6.10. The smallest absolute Gasteiger partial charge is 0.200 e. The summed E-state index contributed by atoms with van der Waals surface area (Å²) >= 11 is 0. The normalized spacial score (nSPS) is 15.7. The van der Waals surface area contributed by atoms with E-state index in [0.717, 1.165) is 38.3 Å². The molecule has 94 valence electrons. The molecule has 0 radical (unpaired) electrons. The van der Waals surface area contributed by atoms with Crippen molar-refractivity contribution in [2.75, 3.05) is 25.0 Å². The number of rotatable bonds is 4. The van der Waals surface area contributed by atoms with Gasteiger partial charge in [0.15, 0.2) is 5.65 Å². The molecular formula is C11H15N7. The van der Waals surface area contributed by atoms with Crippen molar-refractivity contribution in [3.8, 4) is 0 Å². The van der Waals surface area contributed by atoms with Crippen molar-refractivity contribution in [3.63, 3.8) is 0 Å². The van der Waals surface area contributed by atoms with E-state index in [1.807, 2.05) is 12.1 Å². The number of nitrogens with one attached hydrogen (secondary N) is 2. The van der Waals surface area contributed by atoms with E-state index in [9.17, 15) is 0 Å². The highest BCUT2D eigenvalue weighted by molar-refractivity contribution is 5.42. The van der Waals surface area contributed by atoms with Gasteiger partial charge in [0.2, 0.25) is 0 Å². The average Bonchev–Trinajstić information content (AvgIpc) is 2.87. The number of anilines is 1. The molecule has 0 spiro atoms. The van der Waals surface area contributed by atoms with Gasteiger partial charge >= 0.3 is 0 Å². The molecule has 3 heterocycles. The molecule has 0 bridgehead atoms. The van der Waals surface area contributed by atoms with Gasteiger partial charge in [0, 0.05) is 13.1 Å². The second kappa shape index (κ2) is 5.09. The molecule has 0 saturated heterocycles. The van der Waals surface area contributed by atoms with Gasteiger partial charge in [-0.3, -0.25) is 0 Å². The Morgan fingerprint density at radius 1 is 1.39 bits per heavy atom. The van der Waals surface area contributed by atoms with Crippen molar-refractivity contribution >= 4 is 11.5 Å². The maximum absolute atomic E-state index is 4.26. The first-order valence-electron chi connectivity index (χ1n) is 6.10. The standard InChI is InChI=1S/C11H15N7/c1-2-11-14-16-17-18(11)15-10(1)13-8-5-9-3-6-12-7-4-9/h1-3,12H,4-8H2,(H,13,15). The average molecular weight is 245 g/mol. The molecule has 0 aromatic carbocycles. The van der Waals surface area contributed by atoms with Crippen LogP contribution in [0.2, 0.25) is 0 Å². The molecule has 1 aliphatic rings. The molecule has 0 atom stereocenters. The third-order valence-electron chi connectivity index (χ3n) is 2.98. The minimum Gasteiger partial charge on any atom is -0.368 e. The lowest BCUT2D eigenvalue weighted by molar-refractivity contribution is 0.682. The van der Waals surface area contributed by atoms with Crippen molar-refractivity contribution in [1.29, 1.82) is 0 Å². The van der Waals surface area contributed by atoms with Gasteiger partial charge < -0.3 is 10.6 Å². The Bertz CT molecular complexity index is 559. The second-order valence-electron chi connectivity index (χ2n) is 4.24. The maximum Gasteiger partial charge on any atom is 0.200 e. The molecule has 18 heavy (non-hydrogen) atoms. The van der Waals surface area contributed by atoms with Crippen LogP contribution in [-0.4, -0.2) is 44.9 Å². The van der Waals surface area contributed by atoms with Gasteiger partial charge in [-0.1, -0.05) is 11.6 Å². The fourth-order valence-corrected chi connectivity index (χ4v) is 1.99. The first-order chi connectivity index (χ1) is 8.92. The van der Waals surface area contributed by atoms with Crippen molar-refractivity contribution in [2.45, 2.75) is 12.8 Å². The van der Waals surface area contributed by atoms with E-state index < -0.39 is 0 Å². The summed E-state index contributed by atoms with van der Waals surface area (Å²) < 4.78 is 1.42. The Balaban J connectivity index is 1.57. The molecular weight excluding hydrogens is 230 g/mol. The van der Waals surface area contributed by atoms with Gasteiger partial charge in [-0.15, -0.1) is 14.8 Å². The van der Waals surface area contributed by atoms with E-state index in [1.165, 1.54) is 10.2 Å². The molecule has 7 heteroatoms. The maximum atomic E-state index is 4.26. The summed E-state index contributed by atoms with van der Waals surface area (Å²) in [6.07, 6.45) is 4.46. The van der Waals surface area contributed by atoms with E-state index in [4.69, 9.17) is 0 Å². The first kappa shape index (κ1) is 11.1. The lowest BCUT2D eigenvalue weighted by atomic mass is 10.1. The number of hydrogen-bond acceptors (Lipinski definition) is 6. The highest BCUT2D eigenvalue weighted by Crippen LogP contribution is 2.10. The number of aromatic nitrogens is 5. The van der Waals surface area contributed by atoms with Crippen LogP contribution in [0, 0.1) is 0 Å². The number of fused-ring (bicyclic) bond motifs is 1. The molecule has 0 fully saturated rings. The minimum absolute atomic E-state index is 0.654. The molecule has 3 rings (SSSR count). The van der Waals surface area contributed by atoms with Crippen molar-refractivity contribution < 1.29 is 0 Å². The molecule has 0 amide bonds. The van der Waals surface area contributed by atoms with Gasteiger partial charge in [-0.25, -0.2) is 0 Å². The molecule has 2 aromatic rings. The zero-order valence-corrected chi connectivity index (χ0v) is 10.0. The summed E-state index contributed by atoms with van der Waals surface area (Å²) in [6, 6.07) is 3.74.